The maximum absolute atomic E-state index is 9.09. The largest absolute Gasteiger partial charge is 0.508 e. The van der Waals surface area contributed by atoms with Crippen molar-refractivity contribution < 1.29 is 5.11 Å². The van der Waals surface area contributed by atoms with E-state index in [1.165, 1.54) is 0 Å². The second-order valence-corrected chi connectivity index (χ2v) is 2.73. The van der Waals surface area contributed by atoms with Gasteiger partial charge in [0.25, 0.3) is 0 Å². The van der Waals surface area contributed by atoms with E-state index in [0.717, 1.165) is 5.69 Å². The molecule has 64 valence electrons. The maximum Gasteiger partial charge on any atom is 0.117 e. The molecule has 0 saturated heterocycles. The molecule has 0 saturated carbocycles. The molecular weight excluding hydrogens is 152 g/mol. The van der Waals surface area contributed by atoms with Gasteiger partial charge in [-0.05, 0) is 12.1 Å². The smallest absolute Gasteiger partial charge is 0.117 e. The van der Waals surface area contributed by atoms with Crippen LogP contribution in [0.4, 0.5) is 5.69 Å². The van der Waals surface area contributed by atoms with Crippen LogP contribution >= 0.6 is 0 Å². The average Bonchev–Trinajstić information content (AvgIpc) is 2.01. The molecule has 0 heterocycles. The Labute approximate surface area is 72.0 Å². The molecule has 0 atom stereocenters. The molecule has 1 rings (SSSR count). The summed E-state index contributed by atoms with van der Waals surface area (Å²) in [5, 5.41) is 9.09. The van der Waals surface area contributed by atoms with Crippen LogP contribution in [0.2, 0.25) is 0 Å². The van der Waals surface area contributed by atoms with Crippen LogP contribution in [-0.2, 0) is 0 Å². The molecule has 3 heteroatoms. The molecule has 1 aromatic rings. The van der Waals surface area contributed by atoms with Crippen LogP contribution < -0.4 is 0 Å². The lowest BCUT2D eigenvalue weighted by Crippen LogP contribution is -2.06. The van der Waals surface area contributed by atoms with E-state index in [9.17, 15) is 0 Å². The Bertz CT molecular complexity index is 282. The van der Waals surface area contributed by atoms with Crippen molar-refractivity contribution >= 4 is 12.0 Å². The van der Waals surface area contributed by atoms with Gasteiger partial charge in [-0.2, -0.15) is 0 Å². The molecule has 0 amide bonds. The Hall–Kier alpha value is -1.51. The van der Waals surface area contributed by atoms with Crippen LogP contribution in [0.5, 0.6) is 5.75 Å². The van der Waals surface area contributed by atoms with Crippen LogP contribution in [0.3, 0.4) is 0 Å². The molecule has 0 unspecified atom stereocenters. The molecule has 0 spiro atoms. The molecule has 3 nitrogen and oxygen atoms in total. The zero-order chi connectivity index (χ0) is 8.97. The Balaban J connectivity index is 2.76. The van der Waals surface area contributed by atoms with Gasteiger partial charge >= 0.3 is 0 Å². The number of rotatable bonds is 2. The summed E-state index contributed by atoms with van der Waals surface area (Å²) in [7, 11) is 3.79. The topological polar surface area (TPSA) is 35.8 Å². The van der Waals surface area contributed by atoms with Gasteiger partial charge in [0.1, 0.15) is 5.75 Å². The van der Waals surface area contributed by atoms with Gasteiger partial charge in [0.15, 0.2) is 0 Å². The highest BCUT2D eigenvalue weighted by atomic mass is 16.3. The number of hydrogen-bond acceptors (Lipinski definition) is 2. The molecule has 0 fully saturated rings. The second kappa shape index (κ2) is 3.76. The minimum absolute atomic E-state index is 0.239. The number of aliphatic imine (C=N–C) groups is 1. The molecule has 12 heavy (non-hydrogen) atoms. The monoisotopic (exact) mass is 164 g/mol. The highest BCUT2D eigenvalue weighted by Crippen LogP contribution is 2.17. The SMILES string of the molecule is CN(C)C=Nc1cccc(O)c1. The fraction of sp³-hybridized carbons (Fsp3) is 0.222. The van der Waals surface area contributed by atoms with Crippen LogP contribution in [0, 0.1) is 0 Å². The first kappa shape index (κ1) is 8.59. The summed E-state index contributed by atoms with van der Waals surface area (Å²) in [5.41, 5.74) is 0.753. The van der Waals surface area contributed by atoms with Crippen molar-refractivity contribution in [3.05, 3.63) is 24.3 Å². The third kappa shape index (κ3) is 2.62. The molecule has 0 radical (unpaired) electrons. The van der Waals surface area contributed by atoms with E-state index < -0.39 is 0 Å². The van der Waals surface area contributed by atoms with Gasteiger partial charge in [-0.15, -0.1) is 0 Å². The predicted octanol–water partition coefficient (Wildman–Crippen LogP) is 1.61. The first-order valence-corrected chi connectivity index (χ1v) is 3.68. The van der Waals surface area contributed by atoms with Crippen molar-refractivity contribution in [3.8, 4) is 5.75 Å². The molecule has 1 N–H and O–H groups in total. The van der Waals surface area contributed by atoms with Gasteiger partial charge < -0.3 is 10.0 Å². The fourth-order valence-electron chi connectivity index (χ4n) is 0.755. The third-order valence-electron chi connectivity index (χ3n) is 1.27. The van der Waals surface area contributed by atoms with Crippen molar-refractivity contribution in [2.45, 2.75) is 0 Å². The van der Waals surface area contributed by atoms with Crippen molar-refractivity contribution in [1.29, 1.82) is 0 Å². The lowest BCUT2D eigenvalue weighted by atomic mass is 10.3. The number of nitrogens with zero attached hydrogens (tertiary/aromatic N) is 2. The van der Waals surface area contributed by atoms with Crippen LogP contribution in [-0.4, -0.2) is 30.4 Å². The van der Waals surface area contributed by atoms with E-state index >= 15 is 0 Å². The van der Waals surface area contributed by atoms with E-state index in [2.05, 4.69) is 4.99 Å². The Morgan fingerprint density at radius 3 is 2.75 bits per heavy atom. The summed E-state index contributed by atoms with van der Waals surface area (Å²) in [4.78, 5) is 5.94. The van der Waals surface area contributed by atoms with Gasteiger partial charge in [0.2, 0.25) is 0 Å². The molecule has 1 aromatic carbocycles. The number of hydrogen-bond donors (Lipinski definition) is 1. The quantitative estimate of drug-likeness (QED) is 0.532. The van der Waals surface area contributed by atoms with Crippen LogP contribution in [0.15, 0.2) is 29.3 Å². The van der Waals surface area contributed by atoms with Crippen molar-refractivity contribution in [2.75, 3.05) is 14.1 Å². The zero-order valence-electron chi connectivity index (χ0n) is 7.23. The minimum Gasteiger partial charge on any atom is -0.508 e. The normalized spacial score (nSPS) is 10.5. The molecule has 0 bridgehead atoms. The summed E-state index contributed by atoms with van der Waals surface area (Å²) >= 11 is 0. The third-order valence-corrected chi connectivity index (χ3v) is 1.27. The zero-order valence-corrected chi connectivity index (χ0v) is 7.23. The average molecular weight is 164 g/mol. The highest BCUT2D eigenvalue weighted by Gasteiger charge is 1.89. The first-order chi connectivity index (χ1) is 5.68. The molecule has 0 aliphatic carbocycles. The molecular formula is C9H12N2O. The van der Waals surface area contributed by atoms with Gasteiger partial charge in [0, 0.05) is 20.2 Å². The Kier molecular flexibility index (Phi) is 2.69. The molecule has 0 aliphatic heterocycles. The van der Waals surface area contributed by atoms with Crippen molar-refractivity contribution in [3.63, 3.8) is 0 Å². The fourth-order valence-corrected chi connectivity index (χ4v) is 0.755. The molecule has 0 aliphatic rings. The number of aromatic hydroxyl groups is 1. The lowest BCUT2D eigenvalue weighted by molar-refractivity contribution is 0.475. The number of benzene rings is 1. The summed E-state index contributed by atoms with van der Waals surface area (Å²) in [5.74, 6) is 0.239. The Morgan fingerprint density at radius 2 is 2.17 bits per heavy atom. The van der Waals surface area contributed by atoms with Gasteiger partial charge in [-0.25, -0.2) is 4.99 Å². The summed E-state index contributed by atoms with van der Waals surface area (Å²) in [6.45, 7) is 0. The highest BCUT2D eigenvalue weighted by molar-refractivity contribution is 5.61. The second-order valence-electron chi connectivity index (χ2n) is 2.73. The summed E-state index contributed by atoms with van der Waals surface area (Å²) in [6.07, 6.45) is 1.69. The minimum atomic E-state index is 0.239. The predicted molar refractivity (Wildman–Crippen MR) is 49.9 cm³/mol. The van der Waals surface area contributed by atoms with Crippen LogP contribution in [0.1, 0.15) is 0 Å². The van der Waals surface area contributed by atoms with E-state index in [0.29, 0.717) is 0 Å². The molecule has 0 aromatic heterocycles. The maximum atomic E-state index is 9.09. The summed E-state index contributed by atoms with van der Waals surface area (Å²) < 4.78 is 0. The standard InChI is InChI=1S/C9H12N2O/c1-11(2)7-10-8-4-3-5-9(12)6-8/h3-7,12H,1-2H3. The first-order valence-electron chi connectivity index (χ1n) is 3.68. The van der Waals surface area contributed by atoms with E-state index in [1.807, 2.05) is 25.1 Å². The van der Waals surface area contributed by atoms with Crippen molar-refractivity contribution in [1.82, 2.24) is 4.90 Å². The van der Waals surface area contributed by atoms with Gasteiger partial charge in [-0.1, -0.05) is 6.07 Å². The Morgan fingerprint density at radius 1 is 1.42 bits per heavy atom. The van der Waals surface area contributed by atoms with Gasteiger partial charge in [0.05, 0.1) is 12.0 Å². The van der Waals surface area contributed by atoms with E-state index in [1.54, 1.807) is 24.5 Å². The van der Waals surface area contributed by atoms with E-state index in [-0.39, 0.29) is 5.75 Å². The lowest BCUT2D eigenvalue weighted by Gasteiger charge is -2.01. The number of phenols is 1. The van der Waals surface area contributed by atoms with Gasteiger partial charge in [-0.3, -0.25) is 0 Å². The van der Waals surface area contributed by atoms with Crippen LogP contribution in [0.25, 0.3) is 0 Å². The van der Waals surface area contributed by atoms with E-state index in [4.69, 9.17) is 5.11 Å². The summed E-state index contributed by atoms with van der Waals surface area (Å²) in [6, 6.07) is 6.83. The van der Waals surface area contributed by atoms with Crippen molar-refractivity contribution in [2.24, 2.45) is 4.99 Å². The number of phenolic OH excluding ortho intramolecular Hbond substituents is 1.